The second-order valence-corrected chi connectivity index (χ2v) is 6.31. The third kappa shape index (κ3) is 4.02. The summed E-state index contributed by atoms with van der Waals surface area (Å²) in [7, 11) is 1.57. The summed E-state index contributed by atoms with van der Waals surface area (Å²) in [5, 5.41) is 12.2. The molecule has 0 radical (unpaired) electrons. The van der Waals surface area contributed by atoms with Crippen LogP contribution in [0, 0.1) is 5.92 Å². The number of carbonyl (C=O) groups excluding carboxylic acids is 1. The molecule has 1 aromatic heterocycles. The van der Waals surface area contributed by atoms with Gasteiger partial charge in [0.25, 0.3) is 5.91 Å². The Hall–Kier alpha value is -2.32. The fourth-order valence-corrected chi connectivity index (χ4v) is 2.32. The fraction of sp³-hybridized carbons (Fsp3) is 0.529. The van der Waals surface area contributed by atoms with Crippen LogP contribution in [0.1, 0.15) is 42.4 Å². The maximum Gasteiger partial charge on any atom is 0.338 e. The van der Waals surface area contributed by atoms with E-state index >= 15 is 0 Å². The molecular formula is C17H23N3O5. The number of pyridine rings is 1. The Kier molecular flexibility index (Phi) is 5.86. The molecule has 2 N–H and O–H groups in total. The summed E-state index contributed by atoms with van der Waals surface area (Å²) in [5.74, 6) is -1.25. The summed E-state index contributed by atoms with van der Waals surface area (Å²) in [6.07, 6.45) is 1.52. The second kappa shape index (κ2) is 7.71. The van der Waals surface area contributed by atoms with Gasteiger partial charge in [0.2, 0.25) is 0 Å². The average molecular weight is 349 g/mol. The van der Waals surface area contributed by atoms with Crippen molar-refractivity contribution in [1.82, 2.24) is 10.3 Å². The molecule has 8 nitrogen and oxygen atoms in total. The van der Waals surface area contributed by atoms with Crippen molar-refractivity contribution < 1.29 is 24.2 Å². The van der Waals surface area contributed by atoms with Gasteiger partial charge in [-0.1, -0.05) is 13.8 Å². The van der Waals surface area contributed by atoms with Gasteiger partial charge in [-0.15, -0.1) is 0 Å². The number of aliphatic imine (C=N–C) groups is 1. The van der Waals surface area contributed by atoms with Crippen LogP contribution in [0.2, 0.25) is 0 Å². The number of rotatable bonds is 8. The average Bonchev–Trinajstić information content (AvgIpc) is 2.88. The number of carboxylic acids is 1. The minimum Gasteiger partial charge on any atom is -0.478 e. The molecule has 1 aromatic rings. The largest absolute Gasteiger partial charge is 0.478 e. The lowest BCUT2D eigenvalue weighted by molar-refractivity contribution is -0.124. The van der Waals surface area contributed by atoms with Crippen molar-refractivity contribution in [3.8, 4) is 0 Å². The number of hydrogen-bond acceptors (Lipinski definition) is 6. The topological polar surface area (TPSA) is 110 Å². The second-order valence-electron chi connectivity index (χ2n) is 6.31. The Balaban J connectivity index is 2.30. The number of carboxylic acid groups (broad SMARTS) is 1. The summed E-state index contributed by atoms with van der Waals surface area (Å²) in [6.45, 7) is 6.57. The summed E-state index contributed by atoms with van der Waals surface area (Å²) in [6, 6.07) is 1.48. The summed E-state index contributed by atoms with van der Waals surface area (Å²) < 4.78 is 10.3. The van der Waals surface area contributed by atoms with E-state index in [0.717, 1.165) is 0 Å². The van der Waals surface area contributed by atoms with Crippen LogP contribution in [0.25, 0.3) is 0 Å². The molecule has 0 bridgehead atoms. The first kappa shape index (κ1) is 19.0. The zero-order chi connectivity index (χ0) is 18.6. The van der Waals surface area contributed by atoms with E-state index in [1.807, 2.05) is 13.8 Å². The Morgan fingerprint density at radius 2 is 2.12 bits per heavy atom. The lowest BCUT2D eigenvalue weighted by atomic mass is 9.89. The molecule has 1 aliphatic heterocycles. The molecule has 0 saturated carbocycles. The SMILES string of the molecule is COCCOCc1cnc(C2=NC(C)(C(C)C)C(=O)N2)c(C(=O)O)c1. The van der Waals surface area contributed by atoms with E-state index in [0.29, 0.717) is 18.8 Å². The van der Waals surface area contributed by atoms with Gasteiger partial charge in [0, 0.05) is 13.3 Å². The van der Waals surface area contributed by atoms with Gasteiger partial charge in [-0.25, -0.2) is 9.79 Å². The van der Waals surface area contributed by atoms with Gasteiger partial charge in [0.1, 0.15) is 11.2 Å². The van der Waals surface area contributed by atoms with Crippen molar-refractivity contribution in [3.05, 3.63) is 29.1 Å². The Morgan fingerprint density at radius 1 is 1.40 bits per heavy atom. The number of aromatic carboxylic acids is 1. The molecule has 0 aliphatic carbocycles. The van der Waals surface area contributed by atoms with Gasteiger partial charge in [0.15, 0.2) is 5.84 Å². The molecule has 1 aliphatic rings. The van der Waals surface area contributed by atoms with Crippen LogP contribution in [-0.2, 0) is 20.9 Å². The van der Waals surface area contributed by atoms with E-state index in [1.54, 1.807) is 14.0 Å². The van der Waals surface area contributed by atoms with Crippen LogP contribution in [-0.4, -0.2) is 53.7 Å². The third-order valence-corrected chi connectivity index (χ3v) is 4.26. The zero-order valence-corrected chi connectivity index (χ0v) is 14.8. The van der Waals surface area contributed by atoms with Gasteiger partial charge < -0.3 is 19.9 Å². The first-order chi connectivity index (χ1) is 11.8. The molecule has 0 spiro atoms. The van der Waals surface area contributed by atoms with Gasteiger partial charge >= 0.3 is 5.97 Å². The number of ether oxygens (including phenoxy) is 2. The molecule has 2 rings (SSSR count). The molecular weight excluding hydrogens is 326 g/mol. The van der Waals surface area contributed by atoms with E-state index in [2.05, 4.69) is 15.3 Å². The first-order valence-corrected chi connectivity index (χ1v) is 8.00. The van der Waals surface area contributed by atoms with Gasteiger partial charge in [-0.05, 0) is 24.5 Å². The lowest BCUT2D eigenvalue weighted by Gasteiger charge is -2.21. The number of carbonyl (C=O) groups is 2. The number of amides is 1. The summed E-state index contributed by atoms with van der Waals surface area (Å²) in [5.41, 5.74) is -0.200. The Morgan fingerprint density at radius 3 is 2.68 bits per heavy atom. The van der Waals surface area contributed by atoms with Crippen molar-refractivity contribution in [3.63, 3.8) is 0 Å². The quantitative estimate of drug-likeness (QED) is 0.683. The van der Waals surface area contributed by atoms with Crippen molar-refractivity contribution >= 4 is 17.7 Å². The van der Waals surface area contributed by atoms with Gasteiger partial charge in [-0.3, -0.25) is 9.78 Å². The van der Waals surface area contributed by atoms with Crippen LogP contribution >= 0.6 is 0 Å². The highest BCUT2D eigenvalue weighted by Gasteiger charge is 2.43. The Labute approximate surface area is 146 Å². The molecule has 1 amide bonds. The normalized spacial score (nSPS) is 19.9. The van der Waals surface area contributed by atoms with E-state index in [9.17, 15) is 14.7 Å². The monoisotopic (exact) mass is 349 g/mol. The number of aromatic nitrogens is 1. The number of hydrogen-bond donors (Lipinski definition) is 2. The first-order valence-electron chi connectivity index (χ1n) is 8.00. The maximum absolute atomic E-state index is 12.2. The van der Waals surface area contributed by atoms with E-state index in [-0.39, 0.29) is 35.5 Å². The highest BCUT2D eigenvalue weighted by Crippen LogP contribution is 2.27. The summed E-state index contributed by atoms with van der Waals surface area (Å²) >= 11 is 0. The van der Waals surface area contributed by atoms with Crippen LogP contribution in [0.4, 0.5) is 0 Å². The molecule has 0 fully saturated rings. The molecule has 2 heterocycles. The molecule has 0 aromatic carbocycles. The molecule has 8 heteroatoms. The fourth-order valence-electron chi connectivity index (χ4n) is 2.32. The standard InChI is InChI=1S/C17H23N3O5/c1-10(2)17(3)16(23)19-14(20-17)13-12(15(21)22)7-11(8-18-13)9-25-6-5-24-4/h7-8,10H,5-6,9H2,1-4H3,(H,21,22)(H,19,20,23). The highest BCUT2D eigenvalue weighted by molar-refractivity contribution is 6.17. The van der Waals surface area contributed by atoms with Crippen LogP contribution in [0.3, 0.4) is 0 Å². The minimum absolute atomic E-state index is 0.0279. The molecule has 1 unspecified atom stereocenters. The number of amidine groups is 1. The molecule has 1 atom stereocenters. The Bertz CT molecular complexity index is 702. The van der Waals surface area contributed by atoms with E-state index in [4.69, 9.17) is 9.47 Å². The minimum atomic E-state index is -1.14. The van der Waals surface area contributed by atoms with Crippen molar-refractivity contribution in [2.45, 2.75) is 32.9 Å². The predicted octanol–water partition coefficient (Wildman–Crippen LogP) is 1.23. The van der Waals surface area contributed by atoms with Crippen LogP contribution in [0.15, 0.2) is 17.3 Å². The van der Waals surface area contributed by atoms with Crippen molar-refractivity contribution in [2.24, 2.45) is 10.9 Å². The van der Waals surface area contributed by atoms with Crippen LogP contribution < -0.4 is 5.32 Å². The number of nitrogens with zero attached hydrogens (tertiary/aromatic N) is 2. The number of nitrogens with one attached hydrogen (secondary N) is 1. The summed E-state index contributed by atoms with van der Waals surface area (Å²) in [4.78, 5) is 32.5. The van der Waals surface area contributed by atoms with Crippen LogP contribution in [0.5, 0.6) is 0 Å². The van der Waals surface area contributed by atoms with E-state index < -0.39 is 11.5 Å². The van der Waals surface area contributed by atoms with E-state index in [1.165, 1.54) is 12.3 Å². The molecule has 136 valence electrons. The maximum atomic E-state index is 12.2. The van der Waals surface area contributed by atoms with Crippen molar-refractivity contribution in [1.29, 1.82) is 0 Å². The molecule has 0 saturated heterocycles. The van der Waals surface area contributed by atoms with Crippen molar-refractivity contribution in [2.75, 3.05) is 20.3 Å². The van der Waals surface area contributed by atoms with Gasteiger partial charge in [-0.2, -0.15) is 0 Å². The number of methoxy groups -OCH3 is 1. The van der Waals surface area contributed by atoms with Gasteiger partial charge in [0.05, 0.1) is 25.4 Å². The third-order valence-electron chi connectivity index (χ3n) is 4.26. The highest BCUT2D eigenvalue weighted by atomic mass is 16.5. The smallest absolute Gasteiger partial charge is 0.338 e. The zero-order valence-electron chi connectivity index (χ0n) is 14.8. The lowest BCUT2D eigenvalue weighted by Crippen LogP contribution is -2.41. The molecule has 25 heavy (non-hydrogen) atoms. The predicted molar refractivity (Wildman–Crippen MR) is 90.7 cm³/mol.